The highest BCUT2D eigenvalue weighted by molar-refractivity contribution is 5.94. The van der Waals surface area contributed by atoms with Crippen LogP contribution in [-0.4, -0.2) is 16.0 Å². The van der Waals surface area contributed by atoms with E-state index in [0.29, 0.717) is 11.4 Å². The summed E-state index contributed by atoms with van der Waals surface area (Å²) in [5.41, 5.74) is 7.87. The van der Waals surface area contributed by atoms with Crippen LogP contribution < -0.4 is 11.1 Å². The van der Waals surface area contributed by atoms with Gasteiger partial charge in [-0.3, -0.25) is 9.89 Å². The van der Waals surface area contributed by atoms with Crippen LogP contribution in [0.4, 0.5) is 17.2 Å². The van der Waals surface area contributed by atoms with Gasteiger partial charge in [0, 0.05) is 17.4 Å². The Bertz CT molecular complexity index is 501. The van der Waals surface area contributed by atoms with Crippen LogP contribution in [-0.2, 0) is 0 Å². The number of hydrogen-bond acceptors (Lipinski definition) is 4. The van der Waals surface area contributed by atoms with E-state index in [4.69, 9.17) is 5.73 Å². The second kappa shape index (κ2) is 4.06. The Morgan fingerprint density at radius 1 is 1.38 bits per heavy atom. The first-order valence-electron chi connectivity index (χ1n) is 4.84. The van der Waals surface area contributed by atoms with Gasteiger partial charge in [0.1, 0.15) is 5.69 Å². The van der Waals surface area contributed by atoms with E-state index >= 15 is 0 Å². The van der Waals surface area contributed by atoms with Crippen LogP contribution >= 0.6 is 0 Å². The minimum Gasteiger partial charge on any atom is -0.380 e. The van der Waals surface area contributed by atoms with E-state index in [1.54, 1.807) is 18.3 Å². The van der Waals surface area contributed by atoms with E-state index in [2.05, 4.69) is 15.5 Å². The summed E-state index contributed by atoms with van der Waals surface area (Å²) in [5.74, 6) is 0.463. The molecule has 0 fully saturated rings. The lowest BCUT2D eigenvalue weighted by molar-refractivity contribution is 0.101. The number of ketones is 1. The number of Topliss-reactive ketones (excluding diaryl/α,β-unsaturated/α-hetero) is 1. The van der Waals surface area contributed by atoms with Crippen molar-refractivity contribution < 1.29 is 4.79 Å². The Morgan fingerprint density at radius 2 is 2.06 bits per heavy atom. The Balaban J connectivity index is 2.17. The number of anilines is 3. The number of nitrogens with one attached hydrogen (secondary N) is 2. The number of carbonyl (C=O) groups excluding carboxylic acids is 1. The third-order valence-corrected chi connectivity index (χ3v) is 2.24. The minimum atomic E-state index is 0.0503. The predicted molar refractivity (Wildman–Crippen MR) is 62.7 cm³/mol. The molecule has 0 saturated carbocycles. The lowest BCUT2D eigenvalue weighted by Crippen LogP contribution is -1.95. The van der Waals surface area contributed by atoms with Crippen LogP contribution in [0.2, 0.25) is 0 Å². The van der Waals surface area contributed by atoms with Gasteiger partial charge in [-0.15, -0.1) is 0 Å². The van der Waals surface area contributed by atoms with Crippen molar-refractivity contribution in [3.63, 3.8) is 0 Å². The Morgan fingerprint density at radius 3 is 2.56 bits per heavy atom. The van der Waals surface area contributed by atoms with Crippen LogP contribution in [0.15, 0.2) is 30.5 Å². The Labute approximate surface area is 92.7 Å². The molecule has 82 valence electrons. The van der Waals surface area contributed by atoms with Crippen LogP contribution in [0.5, 0.6) is 0 Å². The average Bonchev–Trinajstić information content (AvgIpc) is 2.65. The van der Waals surface area contributed by atoms with Gasteiger partial charge in [0.15, 0.2) is 11.6 Å². The van der Waals surface area contributed by atoms with Gasteiger partial charge in [0.05, 0.1) is 0 Å². The highest BCUT2D eigenvalue weighted by Gasteiger charge is 2.02. The molecule has 2 rings (SSSR count). The molecule has 0 aliphatic rings. The van der Waals surface area contributed by atoms with Crippen molar-refractivity contribution in [3.8, 4) is 0 Å². The molecule has 1 heterocycles. The first-order valence-corrected chi connectivity index (χ1v) is 4.84. The summed E-state index contributed by atoms with van der Waals surface area (Å²) in [6.45, 7) is 1.54. The second-order valence-corrected chi connectivity index (χ2v) is 3.44. The number of nitrogens with zero attached hydrogens (tertiary/aromatic N) is 1. The molecule has 0 aliphatic heterocycles. The zero-order valence-corrected chi connectivity index (χ0v) is 8.82. The number of rotatable bonds is 3. The highest BCUT2D eigenvalue weighted by atomic mass is 16.1. The van der Waals surface area contributed by atoms with E-state index in [1.165, 1.54) is 6.92 Å². The number of carbonyl (C=O) groups is 1. The normalized spacial score (nSPS) is 10.1. The fourth-order valence-corrected chi connectivity index (χ4v) is 1.34. The zero-order valence-electron chi connectivity index (χ0n) is 8.82. The van der Waals surface area contributed by atoms with Crippen molar-refractivity contribution in [1.82, 2.24) is 10.2 Å². The summed E-state index contributed by atoms with van der Waals surface area (Å²) >= 11 is 0. The number of hydrogen-bond donors (Lipinski definition) is 3. The molecule has 1 aromatic carbocycles. The fourth-order valence-electron chi connectivity index (χ4n) is 1.34. The maximum atomic E-state index is 11.1. The molecule has 0 radical (unpaired) electrons. The molecule has 0 spiro atoms. The van der Waals surface area contributed by atoms with Crippen molar-refractivity contribution in [1.29, 1.82) is 0 Å². The largest absolute Gasteiger partial charge is 0.380 e. The Kier molecular flexibility index (Phi) is 2.59. The molecular formula is C11H12N4O. The van der Waals surface area contributed by atoms with Gasteiger partial charge < -0.3 is 11.1 Å². The third kappa shape index (κ3) is 2.03. The molecular weight excluding hydrogens is 204 g/mol. The van der Waals surface area contributed by atoms with Crippen LogP contribution in [0.1, 0.15) is 17.3 Å². The number of nitrogens with two attached hydrogens (primary N) is 1. The number of benzene rings is 1. The first kappa shape index (κ1) is 10.2. The summed E-state index contributed by atoms with van der Waals surface area (Å²) in [6, 6.07) is 7.17. The molecule has 0 saturated heterocycles. The number of nitrogen functional groups attached to an aromatic ring is 1. The summed E-state index contributed by atoms with van der Waals surface area (Å²) < 4.78 is 0. The van der Waals surface area contributed by atoms with Crippen molar-refractivity contribution in [2.45, 2.75) is 6.92 Å². The summed E-state index contributed by atoms with van der Waals surface area (Å²) in [7, 11) is 0. The molecule has 0 unspecified atom stereocenters. The van der Waals surface area contributed by atoms with Gasteiger partial charge >= 0.3 is 0 Å². The summed E-state index contributed by atoms with van der Waals surface area (Å²) in [4.78, 5) is 11.1. The van der Waals surface area contributed by atoms with Gasteiger partial charge in [-0.05, 0) is 31.2 Å². The molecule has 0 amide bonds. The Hall–Kier alpha value is -2.30. The fraction of sp³-hybridized carbons (Fsp3) is 0.0909. The number of aromatic nitrogens is 2. The van der Waals surface area contributed by atoms with Gasteiger partial charge in [0.25, 0.3) is 0 Å². The summed E-state index contributed by atoms with van der Waals surface area (Å²) in [5, 5.41) is 9.54. The SMILES string of the molecule is CC(=O)c1ccc(Nc2c[nH]nc2N)cc1. The minimum absolute atomic E-state index is 0.0503. The standard InChI is InChI=1S/C11H12N4O/c1-7(16)8-2-4-9(5-3-8)14-10-6-13-15-11(10)12/h2-6,14H,1H3,(H3,12,13,15). The molecule has 0 atom stereocenters. The van der Waals surface area contributed by atoms with Crippen molar-refractivity contribution in [3.05, 3.63) is 36.0 Å². The monoisotopic (exact) mass is 216 g/mol. The predicted octanol–water partition coefficient (Wildman–Crippen LogP) is 1.94. The van der Waals surface area contributed by atoms with Crippen LogP contribution in [0.25, 0.3) is 0 Å². The van der Waals surface area contributed by atoms with Gasteiger partial charge in [0.2, 0.25) is 0 Å². The molecule has 2 aromatic rings. The lowest BCUT2D eigenvalue weighted by atomic mass is 10.1. The second-order valence-electron chi connectivity index (χ2n) is 3.44. The number of aromatic amines is 1. The van der Waals surface area contributed by atoms with Crippen molar-refractivity contribution in [2.24, 2.45) is 0 Å². The number of H-pyrrole nitrogens is 1. The van der Waals surface area contributed by atoms with E-state index in [-0.39, 0.29) is 5.78 Å². The lowest BCUT2D eigenvalue weighted by Gasteiger charge is -2.04. The summed E-state index contributed by atoms with van der Waals surface area (Å²) in [6.07, 6.45) is 1.67. The van der Waals surface area contributed by atoms with Crippen molar-refractivity contribution >= 4 is 23.0 Å². The highest BCUT2D eigenvalue weighted by Crippen LogP contribution is 2.20. The molecule has 16 heavy (non-hydrogen) atoms. The topological polar surface area (TPSA) is 83.8 Å². The zero-order chi connectivity index (χ0) is 11.5. The van der Waals surface area contributed by atoms with E-state index < -0.39 is 0 Å². The molecule has 0 bridgehead atoms. The maximum Gasteiger partial charge on any atom is 0.169 e. The van der Waals surface area contributed by atoms with E-state index in [9.17, 15) is 4.79 Å². The van der Waals surface area contributed by atoms with Crippen molar-refractivity contribution in [2.75, 3.05) is 11.1 Å². The smallest absolute Gasteiger partial charge is 0.169 e. The van der Waals surface area contributed by atoms with Crippen LogP contribution in [0, 0.1) is 0 Å². The van der Waals surface area contributed by atoms with Gasteiger partial charge in [-0.2, -0.15) is 5.10 Å². The molecule has 4 N–H and O–H groups in total. The quantitative estimate of drug-likeness (QED) is 0.684. The average molecular weight is 216 g/mol. The van der Waals surface area contributed by atoms with Crippen LogP contribution in [0.3, 0.4) is 0 Å². The third-order valence-electron chi connectivity index (χ3n) is 2.24. The first-order chi connectivity index (χ1) is 7.66. The van der Waals surface area contributed by atoms with Gasteiger partial charge in [-0.25, -0.2) is 0 Å². The maximum absolute atomic E-state index is 11.1. The molecule has 0 aliphatic carbocycles. The van der Waals surface area contributed by atoms with Gasteiger partial charge in [-0.1, -0.05) is 0 Å². The van der Waals surface area contributed by atoms with E-state index in [0.717, 1.165) is 11.4 Å². The molecule has 1 aromatic heterocycles. The molecule has 5 nitrogen and oxygen atoms in total. The molecule has 5 heteroatoms. The van der Waals surface area contributed by atoms with E-state index in [1.807, 2.05) is 12.1 Å².